The topological polar surface area (TPSA) is 86.7 Å². The minimum absolute atomic E-state index is 0.0801. The maximum atomic E-state index is 12.3. The van der Waals surface area contributed by atoms with Gasteiger partial charge in [0.25, 0.3) is 5.56 Å². The number of hydrogen-bond acceptors (Lipinski definition) is 7. The molecule has 104 valence electrons. The first-order valence-electron chi connectivity index (χ1n) is 6.14. The molecule has 0 spiro atoms. The minimum Gasteiger partial charge on any atom is -0.383 e. The highest BCUT2D eigenvalue weighted by Crippen LogP contribution is 2.23. The largest absolute Gasteiger partial charge is 0.383 e. The van der Waals surface area contributed by atoms with Crippen molar-refractivity contribution in [3.63, 3.8) is 0 Å². The summed E-state index contributed by atoms with van der Waals surface area (Å²) in [6.45, 7) is 0.262. The van der Waals surface area contributed by atoms with E-state index in [0.717, 1.165) is 15.7 Å². The fraction of sp³-hybridized carbons (Fsp3) is 0.0769. The van der Waals surface area contributed by atoms with E-state index in [4.69, 9.17) is 5.73 Å². The van der Waals surface area contributed by atoms with E-state index in [0.29, 0.717) is 16.3 Å². The summed E-state index contributed by atoms with van der Waals surface area (Å²) >= 11 is 2.89. The van der Waals surface area contributed by atoms with Crippen molar-refractivity contribution in [2.24, 2.45) is 0 Å². The molecule has 0 aromatic carbocycles. The van der Waals surface area contributed by atoms with E-state index in [2.05, 4.69) is 15.0 Å². The summed E-state index contributed by atoms with van der Waals surface area (Å²) in [5.74, 6) is 0.955. The predicted octanol–water partition coefficient (Wildman–Crippen LogP) is 2.09. The normalized spacial score (nSPS) is 11.4. The second kappa shape index (κ2) is 4.61. The van der Waals surface area contributed by atoms with Crippen LogP contribution in [0.2, 0.25) is 0 Å². The molecule has 0 aliphatic heterocycles. The molecule has 0 aliphatic rings. The number of hydrogen-bond donors (Lipinski definition) is 1. The Labute approximate surface area is 126 Å². The zero-order chi connectivity index (χ0) is 14.4. The van der Waals surface area contributed by atoms with Crippen LogP contribution in [0.3, 0.4) is 0 Å². The van der Waals surface area contributed by atoms with E-state index >= 15 is 0 Å². The van der Waals surface area contributed by atoms with Crippen molar-refractivity contribution in [3.8, 4) is 0 Å². The van der Waals surface area contributed by atoms with Crippen molar-refractivity contribution in [1.82, 2.24) is 19.5 Å². The third-order valence-electron chi connectivity index (χ3n) is 3.15. The molecular formula is C13H9N5OS2. The second-order valence-corrected chi connectivity index (χ2v) is 6.29. The maximum absolute atomic E-state index is 12.3. The first kappa shape index (κ1) is 12.4. The van der Waals surface area contributed by atoms with E-state index in [-0.39, 0.29) is 12.1 Å². The van der Waals surface area contributed by atoms with Crippen LogP contribution in [0.4, 0.5) is 5.82 Å². The molecule has 8 heteroatoms. The Hall–Kier alpha value is -2.32. The monoisotopic (exact) mass is 315 g/mol. The molecule has 0 atom stereocenters. The summed E-state index contributed by atoms with van der Waals surface area (Å²) in [6.07, 6.45) is 1.52. The smallest absolute Gasteiger partial charge is 0.271 e. The van der Waals surface area contributed by atoms with Gasteiger partial charge in [-0.3, -0.25) is 9.36 Å². The van der Waals surface area contributed by atoms with Gasteiger partial charge < -0.3 is 5.73 Å². The van der Waals surface area contributed by atoms with Crippen molar-refractivity contribution >= 4 is 48.9 Å². The first-order valence-corrected chi connectivity index (χ1v) is 7.90. The molecule has 0 amide bonds. The molecule has 0 unspecified atom stereocenters. The van der Waals surface area contributed by atoms with E-state index < -0.39 is 0 Å². The summed E-state index contributed by atoms with van der Waals surface area (Å²) in [5.41, 5.74) is 6.56. The van der Waals surface area contributed by atoms with Crippen LogP contribution in [0.25, 0.3) is 20.4 Å². The Morgan fingerprint density at radius 3 is 2.95 bits per heavy atom. The number of anilines is 1. The lowest BCUT2D eigenvalue weighted by molar-refractivity contribution is 0.713. The Morgan fingerprint density at radius 1 is 1.19 bits per heavy atom. The molecule has 4 aromatic heterocycles. The third kappa shape index (κ3) is 1.99. The van der Waals surface area contributed by atoms with E-state index in [9.17, 15) is 4.79 Å². The van der Waals surface area contributed by atoms with Crippen LogP contribution < -0.4 is 11.3 Å². The maximum Gasteiger partial charge on any atom is 0.271 e. The standard InChI is InChI=1S/C13H9N5OS2/c14-11-7-1-3-21-12(7)17-9(16-11)5-18-6-15-8-2-4-20-10(8)13(18)19/h1-4,6H,5H2,(H2,14,16,17). The number of thiophene rings is 2. The summed E-state index contributed by atoms with van der Waals surface area (Å²) < 4.78 is 2.15. The molecule has 0 saturated heterocycles. The summed E-state index contributed by atoms with van der Waals surface area (Å²) in [7, 11) is 0. The first-order chi connectivity index (χ1) is 10.2. The van der Waals surface area contributed by atoms with Gasteiger partial charge in [-0.25, -0.2) is 15.0 Å². The molecule has 21 heavy (non-hydrogen) atoms. The lowest BCUT2D eigenvalue weighted by atomic mass is 10.4. The van der Waals surface area contributed by atoms with Gasteiger partial charge in [0.15, 0.2) is 5.82 Å². The van der Waals surface area contributed by atoms with Crippen LogP contribution in [-0.4, -0.2) is 19.5 Å². The summed E-state index contributed by atoms with van der Waals surface area (Å²) in [5, 5.41) is 4.63. The Morgan fingerprint density at radius 2 is 2.05 bits per heavy atom. The molecule has 0 radical (unpaired) electrons. The van der Waals surface area contributed by atoms with E-state index in [1.165, 1.54) is 33.6 Å². The van der Waals surface area contributed by atoms with Crippen molar-refractivity contribution in [3.05, 3.63) is 45.4 Å². The van der Waals surface area contributed by atoms with Crippen molar-refractivity contribution < 1.29 is 0 Å². The summed E-state index contributed by atoms with van der Waals surface area (Å²) in [6, 6.07) is 3.72. The quantitative estimate of drug-likeness (QED) is 0.612. The van der Waals surface area contributed by atoms with Gasteiger partial charge in [-0.1, -0.05) is 0 Å². The highest BCUT2D eigenvalue weighted by Gasteiger charge is 2.10. The van der Waals surface area contributed by atoms with Gasteiger partial charge in [-0.05, 0) is 22.9 Å². The molecule has 0 bridgehead atoms. The van der Waals surface area contributed by atoms with Crippen LogP contribution in [-0.2, 0) is 6.54 Å². The molecule has 4 rings (SSSR count). The zero-order valence-electron chi connectivity index (χ0n) is 10.7. The molecule has 6 nitrogen and oxygen atoms in total. The van der Waals surface area contributed by atoms with Gasteiger partial charge in [0, 0.05) is 0 Å². The fourth-order valence-electron chi connectivity index (χ4n) is 2.14. The second-order valence-electron chi connectivity index (χ2n) is 4.48. The van der Waals surface area contributed by atoms with E-state index in [1.54, 1.807) is 0 Å². The molecule has 4 heterocycles. The molecule has 0 aliphatic carbocycles. The fourth-order valence-corrected chi connectivity index (χ4v) is 3.72. The van der Waals surface area contributed by atoms with Gasteiger partial charge in [0.05, 0.1) is 23.8 Å². The van der Waals surface area contributed by atoms with Gasteiger partial charge >= 0.3 is 0 Å². The number of fused-ring (bicyclic) bond motifs is 2. The van der Waals surface area contributed by atoms with Crippen LogP contribution in [0.15, 0.2) is 34.0 Å². The number of aromatic nitrogens is 4. The number of nitrogen functional groups attached to an aromatic ring is 1. The molecule has 0 saturated carbocycles. The highest BCUT2D eigenvalue weighted by atomic mass is 32.1. The third-order valence-corrected chi connectivity index (χ3v) is 4.85. The zero-order valence-corrected chi connectivity index (χ0v) is 12.3. The average Bonchev–Trinajstić information content (AvgIpc) is 3.10. The Kier molecular flexibility index (Phi) is 2.72. The predicted molar refractivity (Wildman–Crippen MR) is 84.8 cm³/mol. The number of nitrogens with zero attached hydrogens (tertiary/aromatic N) is 4. The summed E-state index contributed by atoms with van der Waals surface area (Å²) in [4.78, 5) is 26.1. The highest BCUT2D eigenvalue weighted by molar-refractivity contribution is 7.17. The van der Waals surface area contributed by atoms with Crippen LogP contribution in [0, 0.1) is 0 Å². The Balaban J connectivity index is 1.82. The molecular weight excluding hydrogens is 306 g/mol. The van der Waals surface area contributed by atoms with Crippen molar-refractivity contribution in [1.29, 1.82) is 0 Å². The van der Waals surface area contributed by atoms with Gasteiger partial charge in [0.2, 0.25) is 0 Å². The molecule has 0 fully saturated rings. The van der Waals surface area contributed by atoms with Crippen LogP contribution in [0.5, 0.6) is 0 Å². The van der Waals surface area contributed by atoms with Crippen molar-refractivity contribution in [2.45, 2.75) is 6.54 Å². The van der Waals surface area contributed by atoms with Gasteiger partial charge in [-0.2, -0.15) is 0 Å². The van der Waals surface area contributed by atoms with E-state index in [1.807, 2.05) is 22.9 Å². The van der Waals surface area contributed by atoms with Crippen LogP contribution in [0.1, 0.15) is 5.82 Å². The SMILES string of the molecule is Nc1nc(Cn2cnc3ccsc3c2=O)nc2sccc12. The lowest BCUT2D eigenvalue weighted by Gasteiger charge is -2.05. The Bertz CT molecular complexity index is 1020. The van der Waals surface area contributed by atoms with Gasteiger partial charge in [0.1, 0.15) is 15.3 Å². The molecule has 4 aromatic rings. The number of nitrogens with two attached hydrogens (primary N) is 1. The number of rotatable bonds is 2. The lowest BCUT2D eigenvalue weighted by Crippen LogP contribution is -2.21. The van der Waals surface area contributed by atoms with Crippen molar-refractivity contribution in [2.75, 3.05) is 5.73 Å². The van der Waals surface area contributed by atoms with Crippen LogP contribution >= 0.6 is 22.7 Å². The minimum atomic E-state index is -0.0801. The van der Waals surface area contributed by atoms with Gasteiger partial charge in [-0.15, -0.1) is 22.7 Å². The average molecular weight is 315 g/mol. The molecule has 2 N–H and O–H groups in total.